The largest absolute Gasteiger partial charge is 0.331 e. The van der Waals surface area contributed by atoms with E-state index in [1.54, 1.807) is 27.8 Å². The summed E-state index contributed by atoms with van der Waals surface area (Å²) in [5.41, 5.74) is -1.00. The van der Waals surface area contributed by atoms with Gasteiger partial charge in [0.05, 0.1) is 12.1 Å². The van der Waals surface area contributed by atoms with Crippen LogP contribution in [0.15, 0.2) is 0 Å². The van der Waals surface area contributed by atoms with E-state index in [9.17, 15) is 4.79 Å². The van der Waals surface area contributed by atoms with Crippen LogP contribution in [-0.4, -0.2) is 23.9 Å². The van der Waals surface area contributed by atoms with Crippen LogP contribution in [0.5, 0.6) is 0 Å². The molecular weight excluding hydrogens is 164 g/mol. The summed E-state index contributed by atoms with van der Waals surface area (Å²) >= 11 is 0. The summed E-state index contributed by atoms with van der Waals surface area (Å²) in [5.74, 6) is 2.19. The zero-order chi connectivity index (χ0) is 10.6. The van der Waals surface area contributed by atoms with Gasteiger partial charge < -0.3 is 4.90 Å². The number of carbonyl (C=O) groups excluding carboxylic acids is 1. The van der Waals surface area contributed by atoms with Crippen molar-refractivity contribution in [3.05, 3.63) is 0 Å². The molecule has 1 unspecified atom stereocenters. The van der Waals surface area contributed by atoms with Crippen molar-refractivity contribution in [2.24, 2.45) is 5.41 Å². The van der Waals surface area contributed by atoms with E-state index in [0.29, 0.717) is 0 Å². The first-order valence-corrected chi connectivity index (χ1v) is 4.01. The summed E-state index contributed by atoms with van der Waals surface area (Å²) in [7, 11) is 1.60. The van der Waals surface area contributed by atoms with E-state index in [4.69, 9.17) is 11.7 Å². The van der Waals surface area contributed by atoms with Gasteiger partial charge in [-0.05, 0) is 20.8 Å². The van der Waals surface area contributed by atoms with Crippen molar-refractivity contribution < 1.29 is 4.79 Å². The molecule has 0 saturated heterocycles. The van der Waals surface area contributed by atoms with Crippen LogP contribution >= 0.6 is 0 Å². The Kier molecular flexibility index (Phi) is 3.51. The molecule has 0 bridgehead atoms. The van der Waals surface area contributed by atoms with E-state index in [0.717, 1.165) is 0 Å². The molecular formula is C10H14N2O. The number of amides is 1. The van der Waals surface area contributed by atoms with Crippen molar-refractivity contribution in [3.63, 3.8) is 0 Å². The summed E-state index contributed by atoms with van der Waals surface area (Å²) in [6, 6.07) is 1.66. The maximum atomic E-state index is 11.6. The second-order valence-electron chi connectivity index (χ2n) is 3.50. The van der Waals surface area contributed by atoms with Gasteiger partial charge in [0.25, 0.3) is 0 Å². The van der Waals surface area contributed by atoms with E-state index in [-0.39, 0.29) is 11.9 Å². The molecule has 70 valence electrons. The second kappa shape index (κ2) is 3.96. The van der Waals surface area contributed by atoms with Crippen molar-refractivity contribution >= 4 is 5.91 Å². The standard InChI is InChI=1S/C10H14N2O/c1-6-8(2)12(5)9(13)10(3,4)7-11/h1,8H,2-5H3. The smallest absolute Gasteiger partial charge is 0.243 e. The van der Waals surface area contributed by atoms with Crippen LogP contribution in [0.1, 0.15) is 20.8 Å². The van der Waals surface area contributed by atoms with Gasteiger partial charge in [0.1, 0.15) is 5.41 Å². The quantitative estimate of drug-likeness (QED) is 0.592. The number of nitriles is 1. The van der Waals surface area contributed by atoms with E-state index in [1.807, 2.05) is 6.07 Å². The van der Waals surface area contributed by atoms with Crippen LogP contribution in [0.3, 0.4) is 0 Å². The summed E-state index contributed by atoms with van der Waals surface area (Å²) in [6.07, 6.45) is 5.17. The normalized spacial score (nSPS) is 12.5. The number of terminal acetylenes is 1. The Labute approximate surface area is 79.3 Å². The molecule has 0 aliphatic carbocycles. The highest BCUT2D eigenvalue weighted by Crippen LogP contribution is 2.17. The average Bonchev–Trinajstić information content (AvgIpc) is 2.14. The van der Waals surface area contributed by atoms with Crippen molar-refractivity contribution in [1.82, 2.24) is 4.90 Å². The summed E-state index contributed by atoms with van der Waals surface area (Å²) in [4.78, 5) is 13.0. The summed E-state index contributed by atoms with van der Waals surface area (Å²) in [6.45, 7) is 4.90. The topological polar surface area (TPSA) is 44.1 Å². The molecule has 3 heteroatoms. The molecule has 1 atom stereocenters. The van der Waals surface area contributed by atoms with Gasteiger partial charge in [0.2, 0.25) is 5.91 Å². The van der Waals surface area contributed by atoms with Crippen LogP contribution < -0.4 is 0 Å². The number of carbonyl (C=O) groups is 1. The molecule has 1 amide bonds. The van der Waals surface area contributed by atoms with Gasteiger partial charge in [0.15, 0.2) is 0 Å². The molecule has 0 heterocycles. The van der Waals surface area contributed by atoms with E-state index in [1.165, 1.54) is 4.90 Å². The molecule has 0 radical (unpaired) electrons. The third-order valence-corrected chi connectivity index (χ3v) is 1.96. The Morgan fingerprint density at radius 1 is 1.62 bits per heavy atom. The Bertz CT molecular complexity index is 280. The van der Waals surface area contributed by atoms with E-state index < -0.39 is 5.41 Å². The van der Waals surface area contributed by atoms with Gasteiger partial charge in [-0.2, -0.15) is 5.26 Å². The molecule has 0 rings (SSSR count). The Hall–Kier alpha value is -1.48. The first kappa shape index (κ1) is 11.5. The fourth-order valence-corrected chi connectivity index (χ4v) is 0.776. The zero-order valence-corrected chi connectivity index (χ0v) is 8.46. The van der Waals surface area contributed by atoms with Crippen LogP contribution in [0.2, 0.25) is 0 Å². The summed E-state index contributed by atoms with van der Waals surface area (Å²) < 4.78 is 0. The lowest BCUT2D eigenvalue weighted by molar-refractivity contribution is -0.137. The fourth-order valence-electron chi connectivity index (χ4n) is 0.776. The summed E-state index contributed by atoms with van der Waals surface area (Å²) in [5, 5.41) is 8.72. The molecule has 0 spiro atoms. The van der Waals surface area contributed by atoms with E-state index >= 15 is 0 Å². The monoisotopic (exact) mass is 178 g/mol. The minimum Gasteiger partial charge on any atom is -0.331 e. The molecule has 13 heavy (non-hydrogen) atoms. The molecule has 0 N–H and O–H groups in total. The lowest BCUT2D eigenvalue weighted by Crippen LogP contribution is -2.42. The third-order valence-electron chi connectivity index (χ3n) is 1.96. The van der Waals surface area contributed by atoms with Crippen LogP contribution in [0, 0.1) is 29.1 Å². The lowest BCUT2D eigenvalue weighted by atomic mass is 9.93. The Balaban J connectivity index is 4.66. The molecule has 0 aromatic carbocycles. The molecule has 0 aromatic heterocycles. The van der Waals surface area contributed by atoms with Crippen molar-refractivity contribution in [2.75, 3.05) is 7.05 Å². The van der Waals surface area contributed by atoms with E-state index in [2.05, 4.69) is 5.92 Å². The maximum Gasteiger partial charge on any atom is 0.243 e. The average molecular weight is 178 g/mol. The predicted octanol–water partition coefficient (Wildman–Crippen LogP) is 1.02. The molecule has 0 aliphatic heterocycles. The van der Waals surface area contributed by atoms with Crippen molar-refractivity contribution in [3.8, 4) is 18.4 Å². The van der Waals surface area contributed by atoms with Crippen LogP contribution in [-0.2, 0) is 4.79 Å². The molecule has 0 aliphatic rings. The highest BCUT2D eigenvalue weighted by atomic mass is 16.2. The first-order valence-electron chi connectivity index (χ1n) is 4.01. The van der Waals surface area contributed by atoms with Crippen LogP contribution in [0.25, 0.3) is 0 Å². The maximum absolute atomic E-state index is 11.6. The van der Waals surface area contributed by atoms with Crippen LogP contribution in [0.4, 0.5) is 0 Å². The molecule has 0 aromatic rings. The van der Waals surface area contributed by atoms with Gasteiger partial charge in [-0.3, -0.25) is 4.79 Å². The second-order valence-corrected chi connectivity index (χ2v) is 3.50. The predicted molar refractivity (Wildman–Crippen MR) is 50.5 cm³/mol. The van der Waals surface area contributed by atoms with Gasteiger partial charge in [-0.15, -0.1) is 6.42 Å². The van der Waals surface area contributed by atoms with Gasteiger partial charge in [-0.1, -0.05) is 5.92 Å². The van der Waals surface area contributed by atoms with Gasteiger partial charge >= 0.3 is 0 Å². The Morgan fingerprint density at radius 2 is 2.08 bits per heavy atom. The highest BCUT2D eigenvalue weighted by Gasteiger charge is 2.31. The number of nitrogens with zero attached hydrogens (tertiary/aromatic N) is 2. The van der Waals surface area contributed by atoms with Crippen molar-refractivity contribution in [2.45, 2.75) is 26.8 Å². The number of hydrogen-bond donors (Lipinski definition) is 0. The number of rotatable bonds is 2. The Morgan fingerprint density at radius 3 is 2.38 bits per heavy atom. The third kappa shape index (κ3) is 2.49. The van der Waals surface area contributed by atoms with Gasteiger partial charge in [0, 0.05) is 7.05 Å². The van der Waals surface area contributed by atoms with Crippen molar-refractivity contribution in [1.29, 1.82) is 5.26 Å². The molecule has 3 nitrogen and oxygen atoms in total. The molecule has 0 saturated carbocycles. The number of hydrogen-bond acceptors (Lipinski definition) is 2. The minimum absolute atomic E-state index is 0.250. The van der Waals surface area contributed by atoms with Gasteiger partial charge in [-0.25, -0.2) is 0 Å². The first-order chi connectivity index (χ1) is 5.86. The fraction of sp³-hybridized carbons (Fsp3) is 0.600. The SMILES string of the molecule is C#CC(C)N(C)C(=O)C(C)(C)C#N. The zero-order valence-electron chi connectivity index (χ0n) is 8.46. The lowest BCUT2D eigenvalue weighted by Gasteiger charge is -2.26. The minimum atomic E-state index is -1.00. The molecule has 0 fully saturated rings. The highest BCUT2D eigenvalue weighted by molar-refractivity contribution is 5.84.